The highest BCUT2D eigenvalue weighted by Crippen LogP contribution is 2.16. The number of likely N-dealkylation sites (tertiary alicyclic amines) is 1. The molecule has 2 rings (SSSR count). The molecule has 0 N–H and O–H groups in total. The summed E-state index contributed by atoms with van der Waals surface area (Å²) in [6.07, 6.45) is 2.76. The van der Waals surface area contributed by atoms with Crippen molar-refractivity contribution in [3.63, 3.8) is 0 Å². The van der Waals surface area contributed by atoms with Crippen LogP contribution >= 0.6 is 22.6 Å². The monoisotopic (exact) mass is 287 g/mol. The molecule has 1 nitrogen and oxygen atoms in total. The number of nitrogens with zero attached hydrogens (tertiary/aromatic N) is 1. The Morgan fingerprint density at radius 3 is 2.54 bits per heavy atom. The first-order chi connectivity index (χ1) is 6.36. The number of hydrogen-bond donors (Lipinski definition) is 0. The van der Waals surface area contributed by atoms with Crippen LogP contribution in [0.25, 0.3) is 0 Å². The zero-order chi connectivity index (χ0) is 9.10. The van der Waals surface area contributed by atoms with Crippen LogP contribution < -0.4 is 0 Å². The van der Waals surface area contributed by atoms with Crippen molar-refractivity contribution in [2.75, 3.05) is 13.1 Å². The normalized spacial score (nSPS) is 17.9. The molecule has 1 heterocycles. The van der Waals surface area contributed by atoms with Crippen molar-refractivity contribution in [1.29, 1.82) is 0 Å². The SMILES string of the molecule is Ic1ccccc1CN1CCCC1. The molecule has 1 aliphatic heterocycles. The molecule has 0 aliphatic carbocycles. The average molecular weight is 287 g/mol. The fourth-order valence-electron chi connectivity index (χ4n) is 1.81. The van der Waals surface area contributed by atoms with Gasteiger partial charge in [0, 0.05) is 10.1 Å². The lowest BCUT2D eigenvalue weighted by atomic mass is 10.2. The fraction of sp³-hybridized carbons (Fsp3) is 0.455. The topological polar surface area (TPSA) is 3.24 Å². The fourth-order valence-corrected chi connectivity index (χ4v) is 2.37. The van der Waals surface area contributed by atoms with Gasteiger partial charge in [-0.25, -0.2) is 0 Å². The Morgan fingerprint density at radius 2 is 1.85 bits per heavy atom. The molecule has 1 aromatic rings. The lowest BCUT2D eigenvalue weighted by Crippen LogP contribution is -2.18. The highest BCUT2D eigenvalue weighted by Gasteiger charge is 2.12. The van der Waals surface area contributed by atoms with Crippen LogP contribution in [0.3, 0.4) is 0 Å². The van der Waals surface area contributed by atoms with Crippen LogP contribution in [0.2, 0.25) is 0 Å². The molecule has 13 heavy (non-hydrogen) atoms. The van der Waals surface area contributed by atoms with E-state index in [-0.39, 0.29) is 0 Å². The van der Waals surface area contributed by atoms with Crippen LogP contribution in [0.4, 0.5) is 0 Å². The summed E-state index contributed by atoms with van der Waals surface area (Å²) in [4.78, 5) is 2.54. The molecule has 0 radical (unpaired) electrons. The van der Waals surface area contributed by atoms with Crippen LogP contribution in [0.5, 0.6) is 0 Å². The molecule has 1 fully saturated rings. The van der Waals surface area contributed by atoms with Gasteiger partial charge in [-0.2, -0.15) is 0 Å². The highest BCUT2D eigenvalue weighted by atomic mass is 127. The zero-order valence-electron chi connectivity index (χ0n) is 7.67. The Bertz CT molecular complexity index is 279. The van der Waals surface area contributed by atoms with Crippen molar-refractivity contribution in [3.8, 4) is 0 Å². The van der Waals surface area contributed by atoms with E-state index in [9.17, 15) is 0 Å². The van der Waals surface area contributed by atoms with E-state index in [0.717, 1.165) is 6.54 Å². The van der Waals surface area contributed by atoms with Crippen molar-refractivity contribution in [2.45, 2.75) is 19.4 Å². The number of halogens is 1. The Hall–Kier alpha value is -0.0900. The van der Waals surface area contributed by atoms with Gasteiger partial charge in [0.1, 0.15) is 0 Å². The first-order valence-electron chi connectivity index (χ1n) is 4.82. The van der Waals surface area contributed by atoms with Crippen LogP contribution in [-0.4, -0.2) is 18.0 Å². The molecule has 2 heteroatoms. The van der Waals surface area contributed by atoms with E-state index in [2.05, 4.69) is 51.8 Å². The van der Waals surface area contributed by atoms with Crippen LogP contribution in [0.15, 0.2) is 24.3 Å². The summed E-state index contributed by atoms with van der Waals surface area (Å²) in [6.45, 7) is 3.70. The van der Waals surface area contributed by atoms with Gasteiger partial charge in [0.05, 0.1) is 0 Å². The van der Waals surface area contributed by atoms with E-state index in [0.29, 0.717) is 0 Å². The van der Waals surface area contributed by atoms with Gasteiger partial charge >= 0.3 is 0 Å². The molecule has 0 bridgehead atoms. The Morgan fingerprint density at radius 1 is 1.15 bits per heavy atom. The van der Waals surface area contributed by atoms with Gasteiger partial charge in [-0.15, -0.1) is 0 Å². The van der Waals surface area contributed by atoms with Gasteiger partial charge in [0.15, 0.2) is 0 Å². The summed E-state index contributed by atoms with van der Waals surface area (Å²) in [5, 5.41) is 0. The minimum absolute atomic E-state index is 1.14. The minimum atomic E-state index is 1.14. The smallest absolute Gasteiger partial charge is 0.0244 e. The van der Waals surface area contributed by atoms with Crippen LogP contribution in [0, 0.1) is 3.57 Å². The third-order valence-electron chi connectivity index (χ3n) is 2.55. The first-order valence-corrected chi connectivity index (χ1v) is 5.90. The Balaban J connectivity index is 2.04. The summed E-state index contributed by atoms with van der Waals surface area (Å²) >= 11 is 2.42. The van der Waals surface area contributed by atoms with Crippen LogP contribution in [0.1, 0.15) is 18.4 Å². The van der Waals surface area contributed by atoms with Crippen molar-refractivity contribution < 1.29 is 0 Å². The molecule has 0 saturated carbocycles. The van der Waals surface area contributed by atoms with Gasteiger partial charge in [-0.05, 0) is 60.2 Å². The van der Waals surface area contributed by atoms with Crippen molar-refractivity contribution >= 4 is 22.6 Å². The maximum absolute atomic E-state index is 2.54. The molecular weight excluding hydrogens is 273 g/mol. The Kier molecular flexibility index (Phi) is 3.22. The van der Waals surface area contributed by atoms with Gasteiger partial charge in [0.2, 0.25) is 0 Å². The highest BCUT2D eigenvalue weighted by molar-refractivity contribution is 14.1. The summed E-state index contributed by atoms with van der Waals surface area (Å²) in [6, 6.07) is 8.66. The van der Waals surface area contributed by atoms with Crippen molar-refractivity contribution in [1.82, 2.24) is 4.90 Å². The predicted octanol–water partition coefficient (Wildman–Crippen LogP) is 2.89. The standard InChI is InChI=1S/C11H14IN/c12-11-6-2-1-5-10(11)9-13-7-3-4-8-13/h1-2,5-6H,3-4,7-9H2. The molecule has 0 aromatic heterocycles. The summed E-state index contributed by atoms with van der Waals surface area (Å²) < 4.78 is 1.40. The van der Waals surface area contributed by atoms with Gasteiger partial charge < -0.3 is 0 Å². The number of rotatable bonds is 2. The molecule has 70 valence electrons. The van der Waals surface area contributed by atoms with Gasteiger partial charge in [-0.1, -0.05) is 18.2 Å². The van der Waals surface area contributed by atoms with E-state index in [1.807, 2.05) is 0 Å². The lowest BCUT2D eigenvalue weighted by Gasteiger charge is -2.15. The molecule has 1 aliphatic rings. The second-order valence-electron chi connectivity index (χ2n) is 3.57. The largest absolute Gasteiger partial charge is 0.299 e. The van der Waals surface area contributed by atoms with E-state index in [4.69, 9.17) is 0 Å². The zero-order valence-corrected chi connectivity index (χ0v) is 9.83. The second kappa shape index (κ2) is 4.42. The minimum Gasteiger partial charge on any atom is -0.299 e. The molecular formula is C11H14IN. The molecule has 0 atom stereocenters. The third-order valence-corrected chi connectivity index (χ3v) is 3.60. The third kappa shape index (κ3) is 2.44. The molecule has 0 unspecified atom stereocenters. The Labute approximate surface area is 93.3 Å². The maximum Gasteiger partial charge on any atom is 0.0244 e. The van der Waals surface area contributed by atoms with Crippen LogP contribution in [-0.2, 0) is 6.54 Å². The van der Waals surface area contributed by atoms with Crippen molar-refractivity contribution in [2.24, 2.45) is 0 Å². The van der Waals surface area contributed by atoms with Gasteiger partial charge in [0.25, 0.3) is 0 Å². The summed E-state index contributed by atoms with van der Waals surface area (Å²) in [5.74, 6) is 0. The summed E-state index contributed by atoms with van der Waals surface area (Å²) in [5.41, 5.74) is 1.48. The van der Waals surface area contributed by atoms with E-state index >= 15 is 0 Å². The second-order valence-corrected chi connectivity index (χ2v) is 4.74. The molecule has 1 aromatic carbocycles. The quantitative estimate of drug-likeness (QED) is 0.756. The lowest BCUT2D eigenvalue weighted by molar-refractivity contribution is 0.330. The van der Waals surface area contributed by atoms with Gasteiger partial charge in [-0.3, -0.25) is 4.90 Å². The van der Waals surface area contributed by atoms with Crippen molar-refractivity contribution in [3.05, 3.63) is 33.4 Å². The average Bonchev–Trinajstić information content (AvgIpc) is 2.61. The summed E-state index contributed by atoms with van der Waals surface area (Å²) in [7, 11) is 0. The molecule has 1 saturated heterocycles. The predicted molar refractivity (Wildman–Crippen MR) is 63.7 cm³/mol. The maximum atomic E-state index is 2.54. The van der Waals surface area contributed by atoms with E-state index in [1.165, 1.54) is 35.1 Å². The first kappa shape index (κ1) is 9.46. The van der Waals surface area contributed by atoms with E-state index < -0.39 is 0 Å². The molecule has 0 spiro atoms. The van der Waals surface area contributed by atoms with E-state index in [1.54, 1.807) is 0 Å². The molecule has 0 amide bonds. The number of benzene rings is 1. The number of hydrogen-bond acceptors (Lipinski definition) is 1.